The van der Waals surface area contributed by atoms with E-state index in [1.165, 1.54) is 11.0 Å². The Morgan fingerprint density at radius 3 is 2.59 bits per heavy atom. The van der Waals surface area contributed by atoms with Crippen LogP contribution in [0.15, 0.2) is 48.8 Å². The Labute approximate surface area is 155 Å². The van der Waals surface area contributed by atoms with Crippen LogP contribution >= 0.6 is 0 Å². The normalized spacial score (nSPS) is 13.8. The van der Waals surface area contributed by atoms with Gasteiger partial charge >= 0.3 is 0 Å². The van der Waals surface area contributed by atoms with Crippen LogP contribution in [0.3, 0.4) is 0 Å². The topological polar surface area (TPSA) is 93.0 Å². The summed E-state index contributed by atoms with van der Waals surface area (Å²) in [5, 5.41) is 13.9. The maximum absolute atomic E-state index is 12.5. The van der Waals surface area contributed by atoms with Gasteiger partial charge in [0.2, 0.25) is 5.91 Å². The fourth-order valence-corrected chi connectivity index (χ4v) is 3.19. The van der Waals surface area contributed by atoms with Gasteiger partial charge in [-0.05, 0) is 71.8 Å². The van der Waals surface area contributed by atoms with E-state index in [2.05, 4.69) is 20.8 Å². The van der Waals surface area contributed by atoms with Crippen LogP contribution in [0.5, 0.6) is 0 Å². The monoisotopic (exact) mass is 362 g/mol. The highest BCUT2D eigenvalue weighted by Gasteiger charge is 2.23. The Morgan fingerprint density at radius 2 is 1.96 bits per heavy atom. The number of nitrogens with one attached hydrogen (secondary N) is 1. The molecule has 136 valence electrons. The number of carbonyl (C=O) groups excluding carboxylic acids is 2. The average molecular weight is 362 g/mol. The SMILES string of the molecule is Cc1cc(NC(=O)c2ccc(-n3cnnn3)cc2)ccc1N1CCCC1=O. The lowest BCUT2D eigenvalue weighted by Crippen LogP contribution is -2.24. The summed E-state index contributed by atoms with van der Waals surface area (Å²) in [6.45, 7) is 2.69. The number of carbonyl (C=O) groups is 2. The largest absolute Gasteiger partial charge is 0.322 e. The Hall–Kier alpha value is -3.55. The summed E-state index contributed by atoms with van der Waals surface area (Å²) in [7, 11) is 0. The summed E-state index contributed by atoms with van der Waals surface area (Å²) >= 11 is 0. The number of amides is 2. The van der Waals surface area contributed by atoms with Crippen LogP contribution in [-0.4, -0.2) is 38.6 Å². The first-order valence-electron chi connectivity index (χ1n) is 8.67. The molecule has 0 spiro atoms. The molecule has 3 aromatic rings. The van der Waals surface area contributed by atoms with E-state index in [-0.39, 0.29) is 11.8 Å². The first-order chi connectivity index (χ1) is 13.1. The smallest absolute Gasteiger partial charge is 0.255 e. The molecule has 0 saturated carbocycles. The molecule has 1 fully saturated rings. The minimum absolute atomic E-state index is 0.151. The molecule has 1 saturated heterocycles. The van der Waals surface area contributed by atoms with E-state index in [0.717, 1.165) is 29.9 Å². The Kier molecular flexibility index (Phi) is 4.37. The van der Waals surface area contributed by atoms with Crippen molar-refractivity contribution in [1.29, 1.82) is 0 Å². The van der Waals surface area contributed by atoms with Crippen LogP contribution in [0.4, 0.5) is 11.4 Å². The molecule has 0 aliphatic carbocycles. The molecule has 4 rings (SSSR count). The Balaban J connectivity index is 1.48. The Bertz CT molecular complexity index is 982. The molecular formula is C19H18N6O2. The standard InChI is InChI=1S/C19H18N6O2/c1-13-11-15(6-9-17(13)24-10-2-3-18(24)26)21-19(27)14-4-7-16(8-5-14)25-12-20-22-23-25/h4-9,11-12H,2-3,10H2,1H3,(H,21,27). The summed E-state index contributed by atoms with van der Waals surface area (Å²) in [5.74, 6) is -0.0554. The lowest BCUT2D eigenvalue weighted by molar-refractivity contribution is -0.117. The maximum atomic E-state index is 12.5. The summed E-state index contributed by atoms with van der Waals surface area (Å²) in [6.07, 6.45) is 2.97. The van der Waals surface area contributed by atoms with Crippen LogP contribution in [0, 0.1) is 6.92 Å². The van der Waals surface area contributed by atoms with Gasteiger partial charge < -0.3 is 10.2 Å². The second-order valence-electron chi connectivity index (χ2n) is 6.41. The molecule has 8 nitrogen and oxygen atoms in total. The first-order valence-corrected chi connectivity index (χ1v) is 8.67. The molecule has 0 atom stereocenters. The zero-order valence-corrected chi connectivity index (χ0v) is 14.8. The number of hydrogen-bond acceptors (Lipinski definition) is 5. The fourth-order valence-electron chi connectivity index (χ4n) is 3.19. The third kappa shape index (κ3) is 3.41. The maximum Gasteiger partial charge on any atom is 0.255 e. The third-order valence-corrected chi connectivity index (χ3v) is 4.56. The van der Waals surface area contributed by atoms with E-state index in [9.17, 15) is 9.59 Å². The molecule has 2 heterocycles. The predicted octanol–water partition coefficient (Wildman–Crippen LogP) is 2.35. The summed E-state index contributed by atoms with van der Waals surface area (Å²) < 4.78 is 1.52. The van der Waals surface area contributed by atoms with Crippen molar-refractivity contribution in [1.82, 2.24) is 20.2 Å². The molecule has 1 aliphatic heterocycles. The van der Waals surface area contributed by atoms with Gasteiger partial charge in [0.05, 0.1) is 5.69 Å². The van der Waals surface area contributed by atoms with E-state index in [1.807, 2.05) is 25.1 Å². The van der Waals surface area contributed by atoms with Crippen molar-refractivity contribution in [3.05, 3.63) is 59.9 Å². The van der Waals surface area contributed by atoms with Gasteiger partial charge in [0.25, 0.3) is 5.91 Å². The van der Waals surface area contributed by atoms with Gasteiger partial charge in [-0.2, -0.15) is 0 Å². The zero-order chi connectivity index (χ0) is 18.8. The summed E-state index contributed by atoms with van der Waals surface area (Å²) in [6, 6.07) is 12.6. The predicted molar refractivity (Wildman–Crippen MR) is 99.9 cm³/mol. The molecule has 1 aromatic heterocycles. The van der Waals surface area contributed by atoms with Crippen molar-refractivity contribution in [2.75, 3.05) is 16.8 Å². The number of nitrogens with zero attached hydrogens (tertiary/aromatic N) is 5. The quantitative estimate of drug-likeness (QED) is 0.769. The van der Waals surface area contributed by atoms with Crippen molar-refractivity contribution in [2.45, 2.75) is 19.8 Å². The molecule has 0 bridgehead atoms. The zero-order valence-electron chi connectivity index (χ0n) is 14.8. The van der Waals surface area contributed by atoms with Crippen LogP contribution in [0.2, 0.25) is 0 Å². The second-order valence-corrected chi connectivity index (χ2v) is 6.41. The van der Waals surface area contributed by atoms with Gasteiger partial charge in [-0.1, -0.05) is 0 Å². The van der Waals surface area contributed by atoms with E-state index in [4.69, 9.17) is 0 Å². The number of benzene rings is 2. The highest BCUT2D eigenvalue weighted by atomic mass is 16.2. The number of tetrazole rings is 1. The van der Waals surface area contributed by atoms with Crippen LogP contribution in [-0.2, 0) is 4.79 Å². The second kappa shape index (κ2) is 6.99. The number of hydrogen-bond donors (Lipinski definition) is 1. The number of aromatic nitrogens is 4. The van der Waals surface area contributed by atoms with Crippen molar-refractivity contribution in [3.8, 4) is 5.69 Å². The summed E-state index contributed by atoms with van der Waals surface area (Å²) in [4.78, 5) is 26.2. The van der Waals surface area contributed by atoms with Crippen LogP contribution in [0.25, 0.3) is 5.69 Å². The molecule has 8 heteroatoms. The molecule has 2 amide bonds. The highest BCUT2D eigenvalue weighted by molar-refractivity contribution is 6.04. The molecule has 1 N–H and O–H groups in total. The molecule has 0 radical (unpaired) electrons. The molecular weight excluding hydrogens is 344 g/mol. The average Bonchev–Trinajstić information content (AvgIpc) is 3.34. The van der Waals surface area contributed by atoms with Crippen LogP contribution in [0.1, 0.15) is 28.8 Å². The van der Waals surface area contributed by atoms with E-state index < -0.39 is 0 Å². The van der Waals surface area contributed by atoms with Gasteiger partial charge in [-0.25, -0.2) is 4.68 Å². The van der Waals surface area contributed by atoms with Gasteiger partial charge in [0, 0.05) is 29.9 Å². The van der Waals surface area contributed by atoms with E-state index in [1.54, 1.807) is 29.2 Å². The van der Waals surface area contributed by atoms with Crippen molar-refractivity contribution >= 4 is 23.2 Å². The highest BCUT2D eigenvalue weighted by Crippen LogP contribution is 2.27. The van der Waals surface area contributed by atoms with E-state index in [0.29, 0.717) is 17.7 Å². The number of aryl methyl sites for hydroxylation is 1. The molecule has 0 unspecified atom stereocenters. The molecule has 2 aromatic carbocycles. The van der Waals surface area contributed by atoms with Crippen molar-refractivity contribution < 1.29 is 9.59 Å². The lowest BCUT2D eigenvalue weighted by atomic mass is 10.1. The third-order valence-electron chi connectivity index (χ3n) is 4.56. The minimum Gasteiger partial charge on any atom is -0.322 e. The van der Waals surface area contributed by atoms with Crippen LogP contribution < -0.4 is 10.2 Å². The molecule has 1 aliphatic rings. The number of anilines is 2. The van der Waals surface area contributed by atoms with Gasteiger partial charge in [0.1, 0.15) is 6.33 Å². The fraction of sp³-hybridized carbons (Fsp3) is 0.211. The minimum atomic E-state index is -0.206. The van der Waals surface area contributed by atoms with Gasteiger partial charge in [-0.3, -0.25) is 9.59 Å². The van der Waals surface area contributed by atoms with Gasteiger partial charge in [0.15, 0.2) is 0 Å². The molecule has 27 heavy (non-hydrogen) atoms. The lowest BCUT2D eigenvalue weighted by Gasteiger charge is -2.19. The number of rotatable bonds is 4. The van der Waals surface area contributed by atoms with Crippen molar-refractivity contribution in [2.24, 2.45) is 0 Å². The summed E-state index contributed by atoms with van der Waals surface area (Å²) in [5.41, 5.74) is 3.85. The van der Waals surface area contributed by atoms with E-state index >= 15 is 0 Å². The van der Waals surface area contributed by atoms with Gasteiger partial charge in [-0.15, -0.1) is 5.10 Å². The van der Waals surface area contributed by atoms with Crippen molar-refractivity contribution in [3.63, 3.8) is 0 Å². The Morgan fingerprint density at radius 1 is 1.15 bits per heavy atom. The first kappa shape index (κ1) is 16.9.